The Morgan fingerprint density at radius 3 is 1.45 bits per heavy atom. The van der Waals surface area contributed by atoms with Crippen LogP contribution in [-0.2, 0) is 46.4 Å². The van der Waals surface area contributed by atoms with E-state index >= 15 is 0 Å². The minimum absolute atomic E-state index is 0.137. The molecule has 1 N–H and O–H groups in total. The van der Waals surface area contributed by atoms with E-state index < -0.39 is 46.1 Å². The van der Waals surface area contributed by atoms with Crippen molar-refractivity contribution in [2.45, 2.75) is 107 Å². The third kappa shape index (κ3) is 8.92. The molecule has 4 bridgehead atoms. The van der Waals surface area contributed by atoms with Gasteiger partial charge in [0, 0.05) is 49.7 Å². The number of nitrogens with zero attached hydrogens (tertiary/aromatic N) is 6. The quantitative estimate of drug-likeness (QED) is 0.0619. The fourth-order valence-electron chi connectivity index (χ4n) is 13.6. The van der Waals surface area contributed by atoms with Gasteiger partial charge in [0.2, 0.25) is 23.6 Å². The van der Waals surface area contributed by atoms with Crippen molar-refractivity contribution in [1.82, 2.24) is 0 Å². The molecule has 6 aromatic carbocycles. The Balaban J connectivity index is 0.000000155. The summed E-state index contributed by atoms with van der Waals surface area (Å²) < 4.78 is 19.0. The first-order valence-electron chi connectivity index (χ1n) is 26.5. The fraction of sp³-hybridized carbons (Fsp3) is 0.365. The van der Waals surface area contributed by atoms with Crippen molar-refractivity contribution < 1.29 is 38.5 Å². The SMILES string of the molecule is CCc1ccccc1.N#CCCC12CCC(CCOCc3ccccc3)(O1)[C@@H]1C(=O)N(c3ccc(C#N)c4ccccc34)C(=O)[C@@H]12.[C-]#[N+]c1ccc(N2C(=O)[C@@H]3[C@H](C2=O)C2(CCC#N)CCC3(CCO)O2)c2ccccc12. The van der Waals surface area contributed by atoms with Crippen LogP contribution in [-0.4, -0.2) is 64.4 Å². The monoisotopic (exact) mass is 1030 g/mol. The number of rotatable bonds is 14. The van der Waals surface area contributed by atoms with Crippen molar-refractivity contribution in [2.75, 3.05) is 23.0 Å². The highest BCUT2D eigenvalue weighted by Crippen LogP contribution is 2.65. The van der Waals surface area contributed by atoms with Crippen molar-refractivity contribution in [3.05, 3.63) is 162 Å². The van der Waals surface area contributed by atoms with E-state index in [-0.39, 0.29) is 49.5 Å². The topological polar surface area (TPSA) is 198 Å². The molecule has 6 saturated heterocycles. The molecule has 8 atom stereocenters. The molecule has 6 heterocycles. The van der Waals surface area contributed by atoms with Crippen molar-refractivity contribution in [2.24, 2.45) is 23.7 Å². The molecule has 388 valence electrons. The summed E-state index contributed by atoms with van der Waals surface area (Å²) in [4.78, 5) is 61.7. The molecule has 0 aromatic heterocycles. The number of carbonyl (C=O) groups is 4. The van der Waals surface area contributed by atoms with Gasteiger partial charge < -0.3 is 19.3 Å². The number of nitriles is 3. The molecule has 6 aromatic rings. The number of hydrogen-bond donors (Lipinski definition) is 1. The molecule has 0 radical (unpaired) electrons. The smallest absolute Gasteiger partial charge is 0.240 e. The lowest BCUT2D eigenvalue weighted by Crippen LogP contribution is -2.43. The number of anilines is 2. The minimum atomic E-state index is -0.872. The van der Waals surface area contributed by atoms with Gasteiger partial charge in [0.1, 0.15) is 0 Å². The first-order chi connectivity index (χ1) is 37.5. The maximum Gasteiger partial charge on any atom is 0.240 e. The van der Waals surface area contributed by atoms with Gasteiger partial charge in [0.05, 0.1) is 94.4 Å². The highest BCUT2D eigenvalue weighted by Gasteiger charge is 2.76. The predicted molar refractivity (Wildman–Crippen MR) is 287 cm³/mol. The Morgan fingerprint density at radius 1 is 0.571 bits per heavy atom. The molecule has 4 amide bonds. The van der Waals surface area contributed by atoms with E-state index in [1.54, 1.807) is 24.3 Å². The number of amides is 4. The van der Waals surface area contributed by atoms with Crippen molar-refractivity contribution in [3.8, 4) is 18.2 Å². The molecular formula is C63H58N6O8. The van der Waals surface area contributed by atoms with Gasteiger partial charge in [-0.3, -0.25) is 19.2 Å². The molecule has 12 rings (SSSR count). The van der Waals surface area contributed by atoms with Crippen LogP contribution in [0, 0.1) is 64.2 Å². The summed E-state index contributed by atoms with van der Waals surface area (Å²) in [6.07, 6.45) is 5.69. The first-order valence-corrected chi connectivity index (χ1v) is 26.5. The van der Waals surface area contributed by atoms with E-state index in [0.29, 0.717) is 102 Å². The van der Waals surface area contributed by atoms with Crippen LogP contribution in [0.15, 0.2) is 133 Å². The summed E-state index contributed by atoms with van der Waals surface area (Å²) in [5, 5.41) is 40.5. The van der Waals surface area contributed by atoms with Gasteiger partial charge in [-0.15, -0.1) is 0 Å². The van der Waals surface area contributed by atoms with Gasteiger partial charge in [-0.05, 0) is 85.0 Å². The zero-order valence-electron chi connectivity index (χ0n) is 42.9. The van der Waals surface area contributed by atoms with Crippen LogP contribution in [0.1, 0.15) is 87.8 Å². The Morgan fingerprint density at radius 2 is 1.00 bits per heavy atom. The van der Waals surface area contributed by atoms with E-state index in [0.717, 1.165) is 12.0 Å². The zero-order valence-corrected chi connectivity index (χ0v) is 42.9. The molecule has 77 heavy (non-hydrogen) atoms. The van der Waals surface area contributed by atoms with E-state index in [1.165, 1.54) is 15.4 Å². The Kier molecular flexibility index (Phi) is 14.6. The van der Waals surface area contributed by atoms with E-state index in [9.17, 15) is 34.8 Å². The summed E-state index contributed by atoms with van der Waals surface area (Å²) in [7, 11) is 0. The molecule has 6 aliphatic rings. The maximum absolute atomic E-state index is 14.1. The molecule has 14 heteroatoms. The zero-order chi connectivity index (χ0) is 54.0. The molecule has 0 aliphatic carbocycles. The van der Waals surface area contributed by atoms with Crippen molar-refractivity contribution in [1.29, 1.82) is 15.8 Å². The molecule has 4 unspecified atom stereocenters. The molecule has 0 saturated carbocycles. The summed E-state index contributed by atoms with van der Waals surface area (Å²) in [5.41, 5.74) is 1.05. The number of aliphatic hydroxyl groups is 1. The third-order valence-electron chi connectivity index (χ3n) is 17.0. The fourth-order valence-corrected chi connectivity index (χ4v) is 13.6. The van der Waals surface area contributed by atoms with Gasteiger partial charge in [-0.2, -0.15) is 15.8 Å². The van der Waals surface area contributed by atoms with Crippen LogP contribution in [0.25, 0.3) is 26.4 Å². The standard InChI is InChI=1S/C31H27N3O4.C24H21N3O4.C8H10/c32-17-6-13-30-14-15-31(38-30,16-18-37-20-21-7-2-1-3-8-21)27-26(30)28(35)34(29(27)36)25-12-11-22(19-33)23-9-4-5-10-24(23)25;1-26-17-7-8-18(16-6-3-2-5-15(16)17)27-21(29)19-20(22(27)30)24(12-14-28)11-10-23(19,31-24)9-4-13-25;1-2-8-6-4-3-5-7-8/h1-5,7-12,26-27H,6,13-16,18,20H2;2-3,5-8,19-20,28H,4,9-12,14H2;3-7H,2H2,1H3/t26-,27+,30?,31?;19-,20+,23?,24?;/m11./s1. The minimum Gasteiger partial charge on any atom is -0.396 e. The number of hydrogen-bond acceptors (Lipinski definition) is 11. The van der Waals surface area contributed by atoms with E-state index in [1.807, 2.05) is 84.9 Å². The Labute approximate surface area is 447 Å². The average Bonchev–Trinajstić information content (AvgIpc) is 3.79. The van der Waals surface area contributed by atoms with Gasteiger partial charge in [-0.25, -0.2) is 14.6 Å². The summed E-state index contributed by atoms with van der Waals surface area (Å²) >= 11 is 0. The van der Waals surface area contributed by atoms with Crippen LogP contribution in [0.5, 0.6) is 0 Å². The number of benzene rings is 6. The van der Waals surface area contributed by atoms with Gasteiger partial charge >= 0.3 is 0 Å². The van der Waals surface area contributed by atoms with Crippen LogP contribution < -0.4 is 9.80 Å². The molecule has 6 aliphatic heterocycles. The van der Waals surface area contributed by atoms with Crippen LogP contribution in [0.2, 0.25) is 0 Å². The molecule has 0 spiro atoms. The number of ether oxygens (including phenoxy) is 3. The summed E-state index contributed by atoms with van der Waals surface area (Å²) in [6, 6.07) is 48.1. The lowest BCUT2D eigenvalue weighted by atomic mass is 9.65. The molecule has 14 nitrogen and oxygen atoms in total. The second kappa shape index (κ2) is 21.5. The van der Waals surface area contributed by atoms with Crippen LogP contribution in [0.3, 0.4) is 0 Å². The maximum atomic E-state index is 14.1. The van der Waals surface area contributed by atoms with Gasteiger partial charge in [-0.1, -0.05) is 122 Å². The second-order valence-electron chi connectivity index (χ2n) is 20.9. The number of fused-ring (bicyclic) bond motifs is 12. The number of carbonyl (C=O) groups excluding carboxylic acids is 4. The Hall–Kier alpha value is -8.08. The number of aliphatic hydroxyl groups excluding tert-OH is 1. The van der Waals surface area contributed by atoms with E-state index in [4.69, 9.17) is 26.0 Å². The van der Waals surface area contributed by atoms with Crippen LogP contribution >= 0.6 is 0 Å². The largest absolute Gasteiger partial charge is 0.396 e. The van der Waals surface area contributed by atoms with Crippen molar-refractivity contribution in [3.63, 3.8) is 0 Å². The van der Waals surface area contributed by atoms with Crippen molar-refractivity contribution >= 4 is 62.2 Å². The molecule has 6 fully saturated rings. The average molecular weight is 1030 g/mol. The highest BCUT2D eigenvalue weighted by molar-refractivity contribution is 6.27. The van der Waals surface area contributed by atoms with Gasteiger partial charge in [0.15, 0.2) is 5.69 Å². The lowest BCUT2D eigenvalue weighted by Gasteiger charge is -2.31. The van der Waals surface area contributed by atoms with Gasteiger partial charge in [0.25, 0.3) is 0 Å². The summed E-state index contributed by atoms with van der Waals surface area (Å²) in [6.45, 7) is 10.3. The lowest BCUT2D eigenvalue weighted by molar-refractivity contribution is -0.135. The third-order valence-corrected chi connectivity index (χ3v) is 17.0. The normalized spacial score (nSPS) is 27.0. The van der Waals surface area contributed by atoms with E-state index in [2.05, 4.69) is 54.2 Å². The summed E-state index contributed by atoms with van der Waals surface area (Å²) in [5.74, 6) is -3.77. The predicted octanol–water partition coefficient (Wildman–Crippen LogP) is 10.8. The second-order valence-corrected chi connectivity index (χ2v) is 20.9. The Bertz CT molecular complexity index is 3450. The number of imide groups is 2. The highest BCUT2D eigenvalue weighted by atomic mass is 16.5. The molecular weight excluding hydrogens is 969 g/mol. The number of aryl methyl sites for hydroxylation is 1. The first kappa shape index (κ1) is 52.4. The van der Waals surface area contributed by atoms with Crippen LogP contribution in [0.4, 0.5) is 17.1 Å².